The van der Waals surface area contributed by atoms with Crippen molar-refractivity contribution in [1.82, 2.24) is 19.9 Å². The van der Waals surface area contributed by atoms with Crippen LogP contribution in [0.2, 0.25) is 0 Å². The first-order chi connectivity index (χ1) is 17.7. The van der Waals surface area contributed by atoms with E-state index >= 15 is 0 Å². The second-order valence-corrected chi connectivity index (χ2v) is 11.8. The van der Waals surface area contributed by atoms with E-state index in [1.165, 1.54) is 25.6 Å². The molecule has 11 nitrogen and oxygen atoms in total. The molecule has 2 fully saturated rings. The van der Waals surface area contributed by atoms with E-state index < -0.39 is 15.7 Å². The number of hydrogen-bond acceptors (Lipinski definition) is 11. The van der Waals surface area contributed by atoms with E-state index in [9.17, 15) is 12.8 Å². The lowest BCUT2D eigenvalue weighted by molar-refractivity contribution is -0.0775. The van der Waals surface area contributed by atoms with Crippen molar-refractivity contribution in [3.05, 3.63) is 47.2 Å². The number of nitrogens with zero attached hydrogens (tertiary/aromatic N) is 5. The summed E-state index contributed by atoms with van der Waals surface area (Å²) in [6, 6.07) is 3.60. The Morgan fingerprint density at radius 2 is 1.84 bits per heavy atom. The second-order valence-electron chi connectivity index (χ2n) is 8.85. The highest BCUT2D eigenvalue weighted by Gasteiger charge is 2.43. The number of piperidine rings is 1. The summed E-state index contributed by atoms with van der Waals surface area (Å²) in [5.74, 6) is 0.540. The van der Waals surface area contributed by atoms with E-state index in [1.54, 1.807) is 12.4 Å². The summed E-state index contributed by atoms with van der Waals surface area (Å²) in [4.78, 5) is 19.3. The van der Waals surface area contributed by atoms with Crippen molar-refractivity contribution in [2.45, 2.75) is 11.0 Å². The molecule has 196 valence electrons. The van der Waals surface area contributed by atoms with Crippen LogP contribution in [0.15, 0.2) is 46.3 Å². The van der Waals surface area contributed by atoms with Gasteiger partial charge in [-0.3, -0.25) is 0 Å². The fourth-order valence-electron chi connectivity index (χ4n) is 4.52. The Bertz CT molecular complexity index is 1380. The van der Waals surface area contributed by atoms with Crippen molar-refractivity contribution in [3.8, 4) is 11.6 Å². The van der Waals surface area contributed by atoms with Crippen molar-refractivity contribution in [2.24, 2.45) is 11.8 Å². The zero-order chi connectivity index (χ0) is 26.2. The molecule has 0 radical (unpaired) electrons. The van der Waals surface area contributed by atoms with Gasteiger partial charge in [-0.1, -0.05) is 0 Å². The highest BCUT2D eigenvalue weighted by Crippen LogP contribution is 2.38. The van der Waals surface area contributed by atoms with E-state index in [4.69, 9.17) is 14.2 Å². The maximum absolute atomic E-state index is 14.7. The van der Waals surface area contributed by atoms with E-state index in [-0.39, 0.29) is 46.0 Å². The lowest BCUT2D eigenvalue weighted by atomic mass is 9.84. The number of aromatic nitrogens is 4. The predicted octanol–water partition coefficient (Wildman–Crippen LogP) is 2.85. The number of halogens is 2. The van der Waals surface area contributed by atoms with E-state index in [2.05, 4.69) is 46.1 Å². The van der Waals surface area contributed by atoms with Crippen LogP contribution in [-0.2, 0) is 14.6 Å². The van der Waals surface area contributed by atoms with Gasteiger partial charge in [-0.25, -0.2) is 27.8 Å². The molecule has 0 spiro atoms. The monoisotopic (exact) mass is 594 g/mol. The first kappa shape index (κ1) is 25.5. The molecule has 0 amide bonds. The zero-order valence-electron chi connectivity index (χ0n) is 20.0. The molecular weight excluding hydrogens is 571 g/mol. The smallest absolute Gasteiger partial charge is 0.262 e. The van der Waals surface area contributed by atoms with Gasteiger partial charge in [-0.05, 0) is 34.1 Å². The molecule has 2 saturated heterocycles. The van der Waals surface area contributed by atoms with Gasteiger partial charge in [0.2, 0.25) is 11.7 Å². The molecule has 5 rings (SSSR count). The summed E-state index contributed by atoms with van der Waals surface area (Å²) in [5, 5.41) is 2.85. The maximum atomic E-state index is 14.7. The highest BCUT2D eigenvalue weighted by molar-refractivity contribution is 9.10. The third-order valence-corrected chi connectivity index (χ3v) is 7.76. The number of anilines is 3. The Balaban J connectivity index is 1.36. The van der Waals surface area contributed by atoms with Crippen LogP contribution in [0.3, 0.4) is 0 Å². The van der Waals surface area contributed by atoms with Crippen molar-refractivity contribution in [3.63, 3.8) is 0 Å². The Hall–Kier alpha value is -3.10. The minimum atomic E-state index is -3.54. The molecule has 2 unspecified atom stereocenters. The van der Waals surface area contributed by atoms with Gasteiger partial charge in [0.15, 0.2) is 15.7 Å². The standard InChI is InChI=1S/C23H24BrFN6O5S/c1-34-20-21(30-18-4-3-16(5-17(18)25)37(2,32)33)28-12-29-22(20)36-19-13-8-31(9-14(19)11-35-10-13)23-26-6-15(24)7-27-23/h3-7,12-14,19H,8-11H2,1-2H3,(H,28,29,30). The molecule has 0 saturated carbocycles. The van der Waals surface area contributed by atoms with Crippen LogP contribution < -0.4 is 19.7 Å². The van der Waals surface area contributed by atoms with Crippen molar-refractivity contribution in [1.29, 1.82) is 0 Å². The largest absolute Gasteiger partial charge is 0.489 e. The number of fused-ring (bicyclic) bond motifs is 2. The lowest BCUT2D eigenvalue weighted by Gasteiger charge is -2.46. The van der Waals surface area contributed by atoms with Gasteiger partial charge in [0.05, 0.1) is 35.4 Å². The first-order valence-electron chi connectivity index (χ1n) is 11.4. The average Bonchev–Trinajstić information content (AvgIpc) is 2.85. The molecule has 2 aromatic heterocycles. The zero-order valence-corrected chi connectivity index (χ0v) is 22.4. The Morgan fingerprint density at radius 1 is 1.14 bits per heavy atom. The predicted molar refractivity (Wildman–Crippen MR) is 136 cm³/mol. The molecule has 2 aliphatic heterocycles. The van der Waals surface area contributed by atoms with Gasteiger partial charge in [0.25, 0.3) is 5.88 Å². The minimum Gasteiger partial charge on any atom is -0.489 e. The fourth-order valence-corrected chi connectivity index (χ4v) is 5.36. The molecule has 0 aliphatic carbocycles. The van der Waals surface area contributed by atoms with Crippen LogP contribution in [0, 0.1) is 17.7 Å². The summed E-state index contributed by atoms with van der Waals surface area (Å²) >= 11 is 3.36. The summed E-state index contributed by atoms with van der Waals surface area (Å²) in [5.41, 5.74) is 0.0309. The molecular formula is C23H24BrFN6O5S. The Kier molecular flexibility index (Phi) is 7.14. The van der Waals surface area contributed by atoms with Gasteiger partial charge in [0, 0.05) is 43.6 Å². The maximum Gasteiger partial charge on any atom is 0.262 e. The quantitative estimate of drug-likeness (QED) is 0.433. The number of methoxy groups -OCH3 is 1. The molecule has 2 atom stereocenters. The number of benzene rings is 1. The summed E-state index contributed by atoms with van der Waals surface area (Å²) in [6.45, 7) is 2.29. The Morgan fingerprint density at radius 3 is 2.46 bits per heavy atom. The number of ether oxygens (including phenoxy) is 3. The van der Waals surface area contributed by atoms with Crippen LogP contribution in [0.1, 0.15) is 0 Å². The van der Waals surface area contributed by atoms with Gasteiger partial charge < -0.3 is 24.4 Å². The van der Waals surface area contributed by atoms with Gasteiger partial charge in [0.1, 0.15) is 18.2 Å². The van der Waals surface area contributed by atoms with E-state index in [0.717, 1.165) is 16.8 Å². The van der Waals surface area contributed by atoms with Gasteiger partial charge >= 0.3 is 0 Å². The van der Waals surface area contributed by atoms with Crippen molar-refractivity contribution >= 4 is 43.2 Å². The third-order valence-electron chi connectivity index (χ3n) is 6.24. The van der Waals surface area contributed by atoms with Gasteiger partial charge in [-0.2, -0.15) is 4.98 Å². The third kappa shape index (κ3) is 5.45. The number of rotatable bonds is 7. The molecule has 3 aromatic rings. The topological polar surface area (TPSA) is 129 Å². The average molecular weight is 595 g/mol. The first-order valence-corrected chi connectivity index (χ1v) is 14.0. The lowest BCUT2D eigenvalue weighted by Crippen LogP contribution is -2.58. The van der Waals surface area contributed by atoms with E-state index in [1.807, 2.05) is 0 Å². The van der Waals surface area contributed by atoms with Crippen LogP contribution in [0.25, 0.3) is 0 Å². The molecule has 1 aromatic carbocycles. The molecule has 2 aliphatic rings. The molecule has 4 heterocycles. The van der Waals surface area contributed by atoms with Crippen molar-refractivity contribution in [2.75, 3.05) is 49.9 Å². The Labute approximate surface area is 221 Å². The second kappa shape index (κ2) is 10.3. The SMILES string of the molecule is COc1c(Nc2ccc(S(C)(=O)=O)cc2F)ncnc1OC1C2COCC1CN(c1ncc(Br)cn1)C2. The highest BCUT2D eigenvalue weighted by atomic mass is 79.9. The molecule has 37 heavy (non-hydrogen) atoms. The summed E-state index contributed by atoms with van der Waals surface area (Å²) in [6.07, 6.45) is 5.54. The fraction of sp³-hybridized carbons (Fsp3) is 0.391. The molecule has 14 heteroatoms. The van der Waals surface area contributed by atoms with Crippen LogP contribution in [0.4, 0.5) is 21.8 Å². The number of hydrogen-bond donors (Lipinski definition) is 1. The summed E-state index contributed by atoms with van der Waals surface area (Å²) < 4.78 is 56.6. The van der Waals surface area contributed by atoms with E-state index in [0.29, 0.717) is 32.3 Å². The van der Waals surface area contributed by atoms with Crippen LogP contribution in [-0.4, -0.2) is 74.1 Å². The van der Waals surface area contributed by atoms with Crippen molar-refractivity contribution < 1.29 is 27.0 Å². The van der Waals surface area contributed by atoms with Gasteiger partial charge in [-0.15, -0.1) is 0 Å². The number of sulfone groups is 1. The normalized spacial score (nSPS) is 21.4. The molecule has 2 bridgehead atoms. The summed E-state index contributed by atoms with van der Waals surface area (Å²) in [7, 11) is -2.10. The van der Waals surface area contributed by atoms with Crippen LogP contribution >= 0.6 is 15.9 Å². The van der Waals surface area contributed by atoms with Crippen LogP contribution in [0.5, 0.6) is 11.6 Å². The number of nitrogens with one attached hydrogen (secondary N) is 1. The molecule has 1 N–H and O–H groups in total. The minimum absolute atomic E-state index is 0.0248.